The number of fused-ring (bicyclic) bond motifs is 5. The lowest BCUT2D eigenvalue weighted by Crippen LogP contribution is -2.44. The van der Waals surface area contributed by atoms with Gasteiger partial charge >= 0.3 is 5.97 Å². The van der Waals surface area contributed by atoms with E-state index in [0.29, 0.717) is 42.0 Å². The van der Waals surface area contributed by atoms with E-state index >= 15 is 0 Å². The van der Waals surface area contributed by atoms with Crippen LogP contribution >= 0.6 is 0 Å². The number of cyclic esters (lactones) is 1. The van der Waals surface area contributed by atoms with E-state index in [9.17, 15) is 14.7 Å². The number of hydrogen-bond donors (Lipinski definition) is 2. The summed E-state index contributed by atoms with van der Waals surface area (Å²) in [5.74, 6) is -0.734. The molecule has 0 spiro atoms. The molecule has 2 N–H and O–H groups in total. The lowest BCUT2D eigenvalue weighted by atomic mass is 9.86. The summed E-state index contributed by atoms with van der Waals surface area (Å²) >= 11 is 0. The minimum absolute atomic E-state index is 0.103. The molecule has 0 aliphatic carbocycles. The molecule has 2 aliphatic heterocycles. The van der Waals surface area contributed by atoms with Crippen molar-refractivity contribution >= 4 is 23.1 Å². The zero-order valence-electron chi connectivity index (χ0n) is 18.4. The maximum Gasteiger partial charge on any atom is 0.343 e. The highest BCUT2D eigenvalue weighted by molar-refractivity contribution is 6.02. The van der Waals surface area contributed by atoms with Gasteiger partial charge in [0.1, 0.15) is 6.61 Å². The Morgan fingerprint density at radius 1 is 1.24 bits per heavy atom. The van der Waals surface area contributed by atoms with Crippen LogP contribution in [-0.4, -0.2) is 45.1 Å². The lowest BCUT2D eigenvalue weighted by molar-refractivity contribution is -0.172. The molecular formula is C25H25N3O5. The summed E-state index contributed by atoms with van der Waals surface area (Å²) in [6, 6.07) is 9.46. The summed E-state index contributed by atoms with van der Waals surface area (Å²) in [7, 11) is 0. The molecule has 0 radical (unpaired) electrons. The highest BCUT2D eigenvalue weighted by Gasteiger charge is 2.45. The predicted octanol–water partition coefficient (Wildman–Crippen LogP) is 2.27. The number of hydrogen-bond acceptors (Lipinski definition) is 7. The molecule has 0 unspecified atom stereocenters. The SMILES string of the molecule is CC[C@@]1(O)C(=O)OCc2c1cc1n(c2=O)Cc2c-1nc1ccccc1c2C=NCCCCO. The topological polar surface area (TPSA) is 114 Å². The van der Waals surface area contributed by atoms with Crippen molar-refractivity contribution in [2.75, 3.05) is 13.2 Å². The highest BCUT2D eigenvalue weighted by atomic mass is 16.6. The van der Waals surface area contributed by atoms with Crippen molar-refractivity contribution in [1.29, 1.82) is 0 Å². The van der Waals surface area contributed by atoms with Crippen LogP contribution in [0, 0.1) is 0 Å². The van der Waals surface area contributed by atoms with E-state index in [1.54, 1.807) is 17.6 Å². The summed E-state index contributed by atoms with van der Waals surface area (Å²) in [5.41, 5.74) is 2.27. The van der Waals surface area contributed by atoms with Gasteiger partial charge in [-0.25, -0.2) is 9.78 Å². The summed E-state index contributed by atoms with van der Waals surface area (Å²) in [6.45, 7) is 2.59. The van der Waals surface area contributed by atoms with E-state index < -0.39 is 11.6 Å². The molecule has 1 aromatic carbocycles. The number of aliphatic hydroxyl groups is 2. The smallest absolute Gasteiger partial charge is 0.343 e. The second-order valence-electron chi connectivity index (χ2n) is 8.44. The Morgan fingerprint density at radius 3 is 2.85 bits per heavy atom. The van der Waals surface area contributed by atoms with Gasteiger partial charge in [-0.2, -0.15) is 0 Å². The largest absolute Gasteiger partial charge is 0.458 e. The Hall–Kier alpha value is -3.36. The van der Waals surface area contributed by atoms with Crippen molar-refractivity contribution in [3.8, 4) is 11.4 Å². The van der Waals surface area contributed by atoms with Gasteiger partial charge in [0.25, 0.3) is 5.56 Å². The van der Waals surface area contributed by atoms with E-state index in [-0.39, 0.29) is 25.2 Å². The average molecular weight is 447 g/mol. The zero-order chi connectivity index (χ0) is 23.2. The maximum absolute atomic E-state index is 13.4. The quantitative estimate of drug-likeness (QED) is 0.266. The monoisotopic (exact) mass is 447 g/mol. The molecule has 2 aliphatic rings. The average Bonchev–Trinajstić information content (AvgIpc) is 3.20. The first kappa shape index (κ1) is 21.5. The summed E-state index contributed by atoms with van der Waals surface area (Å²) in [6.07, 6.45) is 3.41. The molecule has 8 heteroatoms. The number of ether oxygens (including phenoxy) is 1. The minimum atomic E-state index is -1.85. The van der Waals surface area contributed by atoms with Gasteiger partial charge in [0.05, 0.1) is 29.0 Å². The van der Waals surface area contributed by atoms with E-state index in [0.717, 1.165) is 28.5 Å². The molecule has 8 nitrogen and oxygen atoms in total. The summed E-state index contributed by atoms with van der Waals surface area (Å²) in [4.78, 5) is 35.2. The fraction of sp³-hybridized carbons (Fsp3) is 0.360. The van der Waals surface area contributed by atoms with Gasteiger partial charge in [0.15, 0.2) is 5.60 Å². The van der Waals surface area contributed by atoms with Gasteiger partial charge in [-0.05, 0) is 31.4 Å². The molecule has 5 rings (SSSR count). The number of aliphatic imine (C=N–C) groups is 1. The fourth-order valence-electron chi connectivity index (χ4n) is 4.68. The Kier molecular flexibility index (Phi) is 5.34. The molecule has 4 heterocycles. The first-order valence-electron chi connectivity index (χ1n) is 11.2. The standard InChI is InChI=1S/C25H25N3O5/c1-2-25(32)19-11-21-22-17(13-28(21)23(30)18(19)14-33-24(25)31)16(12-26-9-5-6-10-29)15-7-3-4-8-20(15)27-22/h3-4,7-8,11-12,29,32H,2,5-6,9-10,13-14H2,1H3/t25-/m0/s1. The van der Waals surface area contributed by atoms with Crippen LogP contribution in [0.4, 0.5) is 0 Å². The van der Waals surface area contributed by atoms with E-state index in [1.807, 2.05) is 30.5 Å². The molecule has 0 fully saturated rings. The summed E-state index contributed by atoms with van der Waals surface area (Å²) in [5, 5.41) is 21.0. The molecule has 2 aromatic heterocycles. The van der Waals surface area contributed by atoms with Gasteiger partial charge in [-0.1, -0.05) is 25.1 Å². The molecule has 170 valence electrons. The Morgan fingerprint density at radius 2 is 2.06 bits per heavy atom. The molecular weight excluding hydrogens is 422 g/mol. The van der Waals surface area contributed by atoms with Gasteiger partial charge < -0.3 is 19.5 Å². The molecule has 0 amide bonds. The Bertz CT molecular complexity index is 1360. The second kappa shape index (κ2) is 8.20. The van der Waals surface area contributed by atoms with Crippen molar-refractivity contribution in [1.82, 2.24) is 9.55 Å². The van der Waals surface area contributed by atoms with Crippen LogP contribution in [0.15, 0.2) is 40.1 Å². The third kappa shape index (κ3) is 3.29. The number of para-hydroxylation sites is 1. The van der Waals surface area contributed by atoms with Crippen LogP contribution in [0.2, 0.25) is 0 Å². The van der Waals surface area contributed by atoms with E-state index in [2.05, 4.69) is 4.99 Å². The van der Waals surface area contributed by atoms with Crippen molar-refractivity contribution in [3.05, 3.63) is 62.9 Å². The number of rotatable bonds is 6. The maximum atomic E-state index is 13.4. The molecule has 1 atom stereocenters. The number of unbranched alkanes of at least 4 members (excludes halogenated alkanes) is 1. The van der Waals surface area contributed by atoms with Crippen LogP contribution in [0.1, 0.15) is 48.4 Å². The Labute approximate surface area is 190 Å². The van der Waals surface area contributed by atoms with Crippen molar-refractivity contribution in [3.63, 3.8) is 0 Å². The number of esters is 1. The molecule has 33 heavy (non-hydrogen) atoms. The number of carbonyl (C=O) groups is 1. The van der Waals surface area contributed by atoms with Crippen LogP contribution in [-0.2, 0) is 28.3 Å². The third-order valence-corrected chi connectivity index (χ3v) is 6.55. The van der Waals surface area contributed by atoms with Crippen LogP contribution < -0.4 is 5.56 Å². The van der Waals surface area contributed by atoms with Gasteiger partial charge in [0.2, 0.25) is 0 Å². The minimum Gasteiger partial charge on any atom is -0.458 e. The van der Waals surface area contributed by atoms with Gasteiger partial charge in [-0.15, -0.1) is 0 Å². The second-order valence-corrected chi connectivity index (χ2v) is 8.44. The molecule has 3 aromatic rings. The van der Waals surface area contributed by atoms with E-state index in [1.165, 1.54) is 0 Å². The molecule has 0 saturated carbocycles. The third-order valence-electron chi connectivity index (χ3n) is 6.55. The highest BCUT2D eigenvalue weighted by Crippen LogP contribution is 2.39. The molecule has 0 saturated heterocycles. The van der Waals surface area contributed by atoms with Crippen LogP contribution in [0.5, 0.6) is 0 Å². The van der Waals surface area contributed by atoms with Crippen molar-refractivity contribution in [2.45, 2.75) is 44.9 Å². The number of benzene rings is 1. The lowest BCUT2D eigenvalue weighted by Gasteiger charge is -2.31. The fourth-order valence-corrected chi connectivity index (χ4v) is 4.68. The zero-order valence-corrected chi connectivity index (χ0v) is 18.4. The molecule has 0 bridgehead atoms. The van der Waals surface area contributed by atoms with Crippen LogP contribution in [0.25, 0.3) is 22.3 Å². The number of carbonyl (C=O) groups excluding carboxylic acids is 1. The van der Waals surface area contributed by atoms with Crippen molar-refractivity contribution < 1.29 is 19.7 Å². The predicted molar refractivity (Wildman–Crippen MR) is 123 cm³/mol. The number of aliphatic hydroxyl groups excluding tert-OH is 1. The van der Waals surface area contributed by atoms with Gasteiger partial charge in [-0.3, -0.25) is 9.79 Å². The number of pyridine rings is 2. The van der Waals surface area contributed by atoms with E-state index in [4.69, 9.17) is 14.8 Å². The van der Waals surface area contributed by atoms with Gasteiger partial charge in [0, 0.05) is 41.4 Å². The number of aromatic nitrogens is 2. The normalized spacial score (nSPS) is 18.9. The first-order valence-corrected chi connectivity index (χ1v) is 11.2. The van der Waals surface area contributed by atoms with Crippen molar-refractivity contribution in [2.24, 2.45) is 4.99 Å². The first-order chi connectivity index (χ1) is 16.0. The summed E-state index contributed by atoms with van der Waals surface area (Å²) < 4.78 is 6.78. The Balaban J connectivity index is 1.70. The van der Waals surface area contributed by atoms with Crippen LogP contribution in [0.3, 0.4) is 0 Å². The number of nitrogens with zero attached hydrogens (tertiary/aromatic N) is 3.